The summed E-state index contributed by atoms with van der Waals surface area (Å²) in [6.45, 7) is 2.53. The Hall–Kier alpha value is -4.61. The van der Waals surface area contributed by atoms with E-state index >= 15 is 0 Å². The lowest BCUT2D eigenvalue weighted by Crippen LogP contribution is -2.43. The molecule has 12 heteroatoms. The van der Waals surface area contributed by atoms with Gasteiger partial charge in [-0.1, -0.05) is 48.9 Å². The molecule has 0 saturated carbocycles. The summed E-state index contributed by atoms with van der Waals surface area (Å²) in [5, 5.41) is 2.72. The molecule has 1 fully saturated rings. The van der Waals surface area contributed by atoms with Gasteiger partial charge >= 0.3 is 18.1 Å². The van der Waals surface area contributed by atoms with E-state index in [2.05, 4.69) is 10.3 Å². The molecule has 1 aliphatic heterocycles. The number of halogens is 3. The lowest BCUT2D eigenvalue weighted by molar-refractivity contribution is -0.154. The van der Waals surface area contributed by atoms with Crippen molar-refractivity contribution in [1.29, 1.82) is 0 Å². The Morgan fingerprint density at radius 2 is 1.70 bits per heavy atom. The summed E-state index contributed by atoms with van der Waals surface area (Å²) < 4.78 is 61.1. The van der Waals surface area contributed by atoms with Crippen molar-refractivity contribution < 1.29 is 46.5 Å². The Balaban J connectivity index is 1.55. The van der Waals surface area contributed by atoms with Gasteiger partial charge in [-0.05, 0) is 61.8 Å². The van der Waals surface area contributed by atoms with E-state index in [-0.39, 0.29) is 35.4 Å². The first-order valence-electron chi connectivity index (χ1n) is 15.0. The zero-order valence-corrected chi connectivity index (χ0v) is 25.8. The van der Waals surface area contributed by atoms with Crippen LogP contribution in [0.1, 0.15) is 60.3 Å². The fraction of sp³-hybridized carbons (Fsp3) is 0.412. The van der Waals surface area contributed by atoms with Crippen LogP contribution < -0.4 is 14.8 Å². The van der Waals surface area contributed by atoms with Crippen LogP contribution in [0.3, 0.4) is 0 Å². The third-order valence-corrected chi connectivity index (χ3v) is 8.03. The second-order valence-corrected chi connectivity index (χ2v) is 11.2. The van der Waals surface area contributed by atoms with Gasteiger partial charge in [0, 0.05) is 25.1 Å². The van der Waals surface area contributed by atoms with Crippen molar-refractivity contribution >= 4 is 17.8 Å². The van der Waals surface area contributed by atoms with Crippen molar-refractivity contribution in [3.8, 4) is 11.5 Å². The van der Waals surface area contributed by atoms with E-state index in [0.717, 1.165) is 23.3 Å². The van der Waals surface area contributed by atoms with Crippen molar-refractivity contribution in [2.45, 2.75) is 64.3 Å². The SMILES string of the molecule is COc1ccnc(C(=O)NC2CCCC(Cc3ccc(C(F)(F)F)cc3)C(Cc3ccccc3)C(C)OC2=O)c1OCOC(C)=O. The smallest absolute Gasteiger partial charge is 0.416 e. The summed E-state index contributed by atoms with van der Waals surface area (Å²) in [7, 11) is 1.37. The number of hydrogen-bond acceptors (Lipinski definition) is 8. The van der Waals surface area contributed by atoms with Crippen molar-refractivity contribution in [1.82, 2.24) is 10.3 Å². The van der Waals surface area contributed by atoms with Crippen molar-refractivity contribution in [2.24, 2.45) is 11.8 Å². The van der Waals surface area contributed by atoms with Crippen LogP contribution in [-0.4, -0.2) is 48.9 Å². The Bertz CT molecular complexity index is 1480. The molecular weight excluding hydrogens is 605 g/mol. The minimum Gasteiger partial charge on any atom is -0.493 e. The molecule has 246 valence electrons. The zero-order chi connectivity index (χ0) is 33.3. The van der Waals surface area contributed by atoms with Crippen LogP contribution in [0, 0.1) is 11.8 Å². The molecule has 9 nitrogen and oxygen atoms in total. The number of carbonyl (C=O) groups excluding carboxylic acids is 3. The van der Waals surface area contributed by atoms with E-state index in [1.807, 2.05) is 30.3 Å². The summed E-state index contributed by atoms with van der Waals surface area (Å²) in [6, 6.07) is 15.4. The number of aromatic nitrogens is 1. The standard InChI is InChI=1S/C34H37F3N2O7/c1-21-27(19-23-8-5-4-6-9-23)25(18-24-12-14-26(15-13-24)34(35,36)37)10-7-11-28(33(42)46-21)39-32(41)30-31(45-20-44-22(2)40)29(43-3)16-17-38-30/h4-6,8-9,12-17,21,25,27-28H,7,10-11,18-20H2,1-3H3,(H,39,41). The number of pyridine rings is 1. The van der Waals surface area contributed by atoms with Crippen LogP contribution in [0.2, 0.25) is 0 Å². The monoisotopic (exact) mass is 642 g/mol. The molecule has 2 heterocycles. The van der Waals surface area contributed by atoms with Gasteiger partial charge in [0.05, 0.1) is 12.7 Å². The molecule has 1 amide bonds. The lowest BCUT2D eigenvalue weighted by atomic mass is 9.77. The third kappa shape index (κ3) is 9.21. The molecule has 4 unspecified atom stereocenters. The van der Waals surface area contributed by atoms with Gasteiger partial charge < -0.3 is 24.3 Å². The van der Waals surface area contributed by atoms with Crippen LogP contribution in [0.5, 0.6) is 11.5 Å². The largest absolute Gasteiger partial charge is 0.493 e. The zero-order valence-electron chi connectivity index (χ0n) is 25.8. The van der Waals surface area contributed by atoms with E-state index in [1.165, 1.54) is 38.4 Å². The number of methoxy groups -OCH3 is 1. The number of hydrogen-bond donors (Lipinski definition) is 1. The van der Waals surface area contributed by atoms with Crippen LogP contribution >= 0.6 is 0 Å². The first-order valence-corrected chi connectivity index (χ1v) is 15.0. The minimum atomic E-state index is -4.43. The molecule has 0 radical (unpaired) electrons. The highest BCUT2D eigenvalue weighted by Gasteiger charge is 2.35. The summed E-state index contributed by atoms with van der Waals surface area (Å²) >= 11 is 0. The summed E-state index contributed by atoms with van der Waals surface area (Å²) in [5.41, 5.74) is 0.915. The topological polar surface area (TPSA) is 113 Å². The molecule has 1 saturated heterocycles. The van der Waals surface area contributed by atoms with Gasteiger partial charge in [0.25, 0.3) is 5.91 Å². The molecule has 1 N–H and O–H groups in total. The maximum atomic E-state index is 13.5. The molecule has 0 bridgehead atoms. The number of alkyl halides is 3. The Morgan fingerprint density at radius 3 is 2.35 bits per heavy atom. The van der Waals surface area contributed by atoms with Gasteiger partial charge in [-0.15, -0.1) is 0 Å². The highest BCUT2D eigenvalue weighted by molar-refractivity contribution is 5.98. The van der Waals surface area contributed by atoms with E-state index in [4.69, 9.17) is 18.9 Å². The maximum absolute atomic E-state index is 13.5. The number of esters is 2. The molecule has 1 aromatic heterocycles. The predicted octanol–water partition coefficient (Wildman–Crippen LogP) is 5.94. The third-order valence-electron chi connectivity index (χ3n) is 8.03. The van der Waals surface area contributed by atoms with Crippen molar-refractivity contribution in [3.05, 3.63) is 89.2 Å². The van der Waals surface area contributed by atoms with Crippen molar-refractivity contribution in [2.75, 3.05) is 13.9 Å². The van der Waals surface area contributed by atoms with Gasteiger partial charge in [0.2, 0.25) is 6.79 Å². The first-order chi connectivity index (χ1) is 22.0. The van der Waals surface area contributed by atoms with Crippen molar-refractivity contribution in [3.63, 3.8) is 0 Å². The number of carbonyl (C=O) groups is 3. The average molecular weight is 643 g/mol. The quantitative estimate of drug-likeness (QED) is 0.214. The average Bonchev–Trinajstić information content (AvgIpc) is 3.06. The fourth-order valence-corrected chi connectivity index (χ4v) is 5.68. The van der Waals surface area contributed by atoms with E-state index in [9.17, 15) is 27.6 Å². The molecule has 2 aromatic carbocycles. The number of rotatable bonds is 10. The number of nitrogens with one attached hydrogen (secondary N) is 1. The second-order valence-electron chi connectivity index (χ2n) is 11.2. The van der Waals surface area contributed by atoms with Gasteiger partial charge in [0.1, 0.15) is 12.1 Å². The highest BCUT2D eigenvalue weighted by atomic mass is 19.4. The molecule has 46 heavy (non-hydrogen) atoms. The predicted molar refractivity (Wildman–Crippen MR) is 161 cm³/mol. The Morgan fingerprint density at radius 1 is 1.00 bits per heavy atom. The minimum absolute atomic E-state index is 0.0319. The molecule has 4 rings (SSSR count). The highest BCUT2D eigenvalue weighted by Crippen LogP contribution is 2.35. The summed E-state index contributed by atoms with van der Waals surface area (Å²) in [6.07, 6.45) is -1.14. The maximum Gasteiger partial charge on any atom is 0.416 e. The number of cyclic esters (lactones) is 1. The Labute approximate surface area is 265 Å². The van der Waals surface area contributed by atoms with Crippen LogP contribution in [0.25, 0.3) is 0 Å². The molecule has 0 spiro atoms. The number of nitrogens with zero attached hydrogens (tertiary/aromatic N) is 1. The van der Waals surface area contributed by atoms with Gasteiger partial charge in [-0.3, -0.25) is 9.59 Å². The summed E-state index contributed by atoms with van der Waals surface area (Å²) in [4.78, 5) is 42.2. The first kappa shape index (κ1) is 34.3. The fourth-order valence-electron chi connectivity index (χ4n) is 5.68. The Kier molecular flexibility index (Phi) is 11.6. The normalized spacial score (nSPS) is 20.3. The van der Waals surface area contributed by atoms with Gasteiger partial charge in [-0.25, -0.2) is 9.78 Å². The number of amides is 1. The second kappa shape index (κ2) is 15.6. The molecular formula is C34H37F3N2O7. The lowest BCUT2D eigenvalue weighted by Gasteiger charge is -2.31. The summed E-state index contributed by atoms with van der Waals surface area (Å²) in [5.74, 6) is -1.98. The van der Waals surface area contributed by atoms with Crippen LogP contribution in [0.15, 0.2) is 66.9 Å². The molecule has 0 aliphatic carbocycles. The van der Waals surface area contributed by atoms with E-state index in [1.54, 1.807) is 6.92 Å². The molecule has 4 atom stereocenters. The van der Waals surface area contributed by atoms with E-state index < -0.39 is 48.5 Å². The van der Waals surface area contributed by atoms with Gasteiger partial charge in [-0.2, -0.15) is 13.2 Å². The van der Waals surface area contributed by atoms with E-state index in [0.29, 0.717) is 25.7 Å². The number of ether oxygens (including phenoxy) is 4. The van der Waals surface area contributed by atoms with Crippen LogP contribution in [0.4, 0.5) is 13.2 Å². The van der Waals surface area contributed by atoms with Gasteiger partial charge in [0.15, 0.2) is 17.2 Å². The molecule has 1 aliphatic rings. The molecule has 3 aromatic rings. The number of benzene rings is 2. The van der Waals surface area contributed by atoms with Crippen LogP contribution in [-0.2, 0) is 38.1 Å².